The minimum Gasteiger partial charge on any atom is -0.343 e. The number of benzene rings is 3. The van der Waals surface area contributed by atoms with Gasteiger partial charge in [-0.2, -0.15) is 0 Å². The highest BCUT2D eigenvalue weighted by Crippen LogP contribution is 2.41. The van der Waals surface area contributed by atoms with Gasteiger partial charge in [0, 0.05) is 28.1 Å². The summed E-state index contributed by atoms with van der Waals surface area (Å²) in [6, 6.07) is 20.0. The van der Waals surface area contributed by atoms with Gasteiger partial charge in [-0.1, -0.05) is 41.6 Å². The van der Waals surface area contributed by atoms with Gasteiger partial charge in [0.05, 0.1) is 17.8 Å². The number of carbonyl (C=O) groups is 3. The fourth-order valence-corrected chi connectivity index (χ4v) is 4.41. The van der Waals surface area contributed by atoms with Crippen molar-refractivity contribution >= 4 is 40.9 Å². The van der Waals surface area contributed by atoms with Crippen LogP contribution in [0.2, 0.25) is 0 Å². The third-order valence-electron chi connectivity index (χ3n) is 4.97. The van der Waals surface area contributed by atoms with Crippen molar-refractivity contribution in [2.75, 3.05) is 23.8 Å². The smallest absolute Gasteiger partial charge is 0.259 e. The summed E-state index contributed by atoms with van der Waals surface area (Å²) in [4.78, 5) is 40.6. The molecule has 1 aliphatic rings. The van der Waals surface area contributed by atoms with Crippen LogP contribution in [0.25, 0.3) is 0 Å². The average Bonchev–Trinajstić information content (AvgIpc) is 2.87. The van der Waals surface area contributed by atoms with Crippen LogP contribution in [-0.2, 0) is 4.79 Å². The quantitative estimate of drug-likeness (QED) is 0.652. The molecule has 6 nitrogen and oxygen atoms in total. The summed E-state index contributed by atoms with van der Waals surface area (Å²) in [5.74, 6) is -0.703. The van der Waals surface area contributed by atoms with Crippen molar-refractivity contribution in [3.05, 3.63) is 83.4 Å². The maximum atomic E-state index is 12.7. The minimum absolute atomic E-state index is 0.0718. The lowest BCUT2D eigenvalue weighted by atomic mass is 10.1. The number of amides is 3. The lowest BCUT2D eigenvalue weighted by Crippen LogP contribution is -2.32. The fourth-order valence-electron chi connectivity index (χ4n) is 3.26. The van der Waals surface area contributed by atoms with Crippen LogP contribution in [0, 0.1) is 6.92 Å². The molecule has 0 fully saturated rings. The summed E-state index contributed by atoms with van der Waals surface area (Å²) in [6.45, 7) is 1.80. The molecular weight excluding hydrogens is 410 g/mol. The Morgan fingerprint density at radius 2 is 1.71 bits per heavy atom. The van der Waals surface area contributed by atoms with E-state index >= 15 is 0 Å². The van der Waals surface area contributed by atoms with Gasteiger partial charge in [0.2, 0.25) is 5.91 Å². The van der Waals surface area contributed by atoms with Gasteiger partial charge in [0.15, 0.2) is 0 Å². The summed E-state index contributed by atoms with van der Waals surface area (Å²) in [5.41, 5.74) is 3.59. The number of hydrogen-bond acceptors (Lipinski definition) is 4. The maximum Gasteiger partial charge on any atom is 0.259 e. The van der Waals surface area contributed by atoms with Gasteiger partial charge in [0.1, 0.15) is 0 Å². The highest BCUT2D eigenvalue weighted by atomic mass is 32.2. The van der Waals surface area contributed by atoms with Gasteiger partial charge in [-0.15, -0.1) is 0 Å². The molecule has 0 atom stereocenters. The standard InChI is InChI=1S/C24H21N3O3S/c1-15-7-9-16(10-8-15)23(29)25-14-22(28)26-17-11-12-19-21(13-17)31-20-6-4-3-5-18(20)24(30)27(19)2/h3-13H,14H2,1-2H3,(H,25,29)(H,26,28). The average molecular weight is 432 g/mol. The van der Waals surface area contributed by atoms with Crippen LogP contribution in [0.1, 0.15) is 26.3 Å². The van der Waals surface area contributed by atoms with E-state index in [0.29, 0.717) is 16.8 Å². The lowest BCUT2D eigenvalue weighted by molar-refractivity contribution is -0.115. The molecule has 1 heterocycles. The molecule has 31 heavy (non-hydrogen) atoms. The van der Waals surface area contributed by atoms with Crippen LogP contribution >= 0.6 is 11.8 Å². The molecule has 0 bridgehead atoms. The molecule has 0 spiro atoms. The number of nitrogens with one attached hydrogen (secondary N) is 2. The van der Waals surface area contributed by atoms with Gasteiger partial charge in [-0.25, -0.2) is 0 Å². The van der Waals surface area contributed by atoms with E-state index in [1.54, 1.807) is 30.1 Å². The van der Waals surface area contributed by atoms with E-state index in [1.165, 1.54) is 11.8 Å². The molecule has 156 valence electrons. The Morgan fingerprint density at radius 3 is 2.48 bits per heavy atom. The Bertz CT molecular complexity index is 1170. The molecule has 4 rings (SSSR count). The van der Waals surface area contributed by atoms with Crippen molar-refractivity contribution in [1.82, 2.24) is 5.32 Å². The number of hydrogen-bond donors (Lipinski definition) is 2. The van der Waals surface area contributed by atoms with E-state index in [1.807, 2.05) is 55.5 Å². The SMILES string of the molecule is Cc1ccc(C(=O)NCC(=O)Nc2ccc3c(c2)Sc2ccccc2C(=O)N3C)cc1. The summed E-state index contributed by atoms with van der Waals surface area (Å²) < 4.78 is 0. The zero-order valence-electron chi connectivity index (χ0n) is 17.1. The third-order valence-corrected chi connectivity index (χ3v) is 6.09. The van der Waals surface area contributed by atoms with Gasteiger partial charge in [0.25, 0.3) is 11.8 Å². The van der Waals surface area contributed by atoms with Gasteiger partial charge in [-0.3, -0.25) is 14.4 Å². The Kier molecular flexibility index (Phi) is 5.77. The van der Waals surface area contributed by atoms with E-state index < -0.39 is 0 Å². The van der Waals surface area contributed by atoms with Gasteiger partial charge >= 0.3 is 0 Å². The Balaban J connectivity index is 1.45. The van der Waals surface area contributed by atoms with Crippen molar-refractivity contribution in [1.29, 1.82) is 0 Å². The van der Waals surface area contributed by atoms with Gasteiger partial charge in [-0.05, 0) is 49.4 Å². The van der Waals surface area contributed by atoms with Crippen LogP contribution in [0.15, 0.2) is 76.5 Å². The molecule has 0 saturated carbocycles. The number of fused-ring (bicyclic) bond motifs is 2. The first-order valence-corrected chi connectivity index (χ1v) is 10.6. The fraction of sp³-hybridized carbons (Fsp3) is 0.125. The molecule has 1 aliphatic heterocycles. The summed E-state index contributed by atoms with van der Waals surface area (Å²) >= 11 is 1.49. The third kappa shape index (κ3) is 4.46. The van der Waals surface area contributed by atoms with Crippen LogP contribution in [0.4, 0.5) is 11.4 Å². The molecule has 0 aliphatic carbocycles. The molecule has 0 radical (unpaired) electrons. The van der Waals surface area contributed by atoms with Gasteiger partial charge < -0.3 is 15.5 Å². The molecule has 3 amide bonds. The van der Waals surface area contributed by atoms with Crippen molar-refractivity contribution in [2.45, 2.75) is 16.7 Å². The van der Waals surface area contributed by atoms with Crippen molar-refractivity contribution in [3.63, 3.8) is 0 Å². The monoisotopic (exact) mass is 431 g/mol. The second kappa shape index (κ2) is 8.65. The summed E-state index contributed by atoms with van der Waals surface area (Å²) in [7, 11) is 1.74. The van der Waals surface area contributed by atoms with Crippen LogP contribution < -0.4 is 15.5 Å². The Hall–Kier alpha value is -3.58. The first-order chi connectivity index (χ1) is 14.9. The number of aryl methyl sites for hydroxylation is 1. The molecule has 7 heteroatoms. The highest BCUT2D eigenvalue weighted by molar-refractivity contribution is 7.99. The first kappa shape index (κ1) is 20.7. The van der Waals surface area contributed by atoms with Crippen molar-refractivity contribution in [2.24, 2.45) is 0 Å². The predicted molar refractivity (Wildman–Crippen MR) is 122 cm³/mol. The van der Waals surface area contributed by atoms with Crippen LogP contribution in [0.3, 0.4) is 0 Å². The molecule has 0 aromatic heterocycles. The lowest BCUT2D eigenvalue weighted by Gasteiger charge is -2.18. The second-order valence-corrected chi connectivity index (χ2v) is 8.33. The van der Waals surface area contributed by atoms with Crippen molar-refractivity contribution in [3.8, 4) is 0 Å². The number of anilines is 2. The number of nitrogens with zero attached hydrogens (tertiary/aromatic N) is 1. The van der Waals surface area contributed by atoms with E-state index in [2.05, 4.69) is 10.6 Å². The zero-order chi connectivity index (χ0) is 22.0. The van der Waals surface area contributed by atoms with Crippen molar-refractivity contribution < 1.29 is 14.4 Å². The molecule has 2 N–H and O–H groups in total. The maximum absolute atomic E-state index is 12.7. The first-order valence-electron chi connectivity index (χ1n) is 9.76. The predicted octanol–water partition coefficient (Wildman–Crippen LogP) is 4.10. The summed E-state index contributed by atoms with van der Waals surface area (Å²) in [6.07, 6.45) is 0. The van der Waals surface area contributed by atoms with E-state index in [-0.39, 0.29) is 24.3 Å². The normalized spacial score (nSPS) is 12.5. The Labute approximate surface area is 184 Å². The second-order valence-electron chi connectivity index (χ2n) is 7.24. The summed E-state index contributed by atoms with van der Waals surface area (Å²) in [5, 5.41) is 5.44. The molecule has 0 saturated heterocycles. The number of rotatable bonds is 4. The largest absolute Gasteiger partial charge is 0.343 e. The molecule has 0 unspecified atom stereocenters. The topological polar surface area (TPSA) is 78.5 Å². The minimum atomic E-state index is -0.330. The molecule has 3 aromatic rings. The van der Waals surface area contributed by atoms with E-state index in [0.717, 1.165) is 21.0 Å². The van der Waals surface area contributed by atoms with Crippen LogP contribution in [0.5, 0.6) is 0 Å². The van der Waals surface area contributed by atoms with Crippen LogP contribution in [-0.4, -0.2) is 31.3 Å². The Morgan fingerprint density at radius 1 is 0.968 bits per heavy atom. The molecule has 3 aromatic carbocycles. The highest BCUT2D eigenvalue weighted by Gasteiger charge is 2.24. The number of carbonyl (C=O) groups excluding carboxylic acids is 3. The zero-order valence-corrected chi connectivity index (χ0v) is 18.0. The van der Waals surface area contributed by atoms with E-state index in [4.69, 9.17) is 0 Å². The van der Waals surface area contributed by atoms with E-state index in [9.17, 15) is 14.4 Å². The molecular formula is C24H21N3O3S.